The van der Waals surface area contributed by atoms with Crippen LogP contribution in [-0.4, -0.2) is 43.7 Å². The molecule has 0 atom stereocenters. The molecular weight excluding hydrogens is 166 g/mol. The predicted octanol–water partition coefficient (Wildman–Crippen LogP) is 0.416. The first-order valence-electron chi connectivity index (χ1n) is 5.00. The van der Waals surface area contributed by atoms with E-state index in [1.54, 1.807) is 0 Å². The van der Waals surface area contributed by atoms with Gasteiger partial charge >= 0.3 is 6.03 Å². The zero-order chi connectivity index (χ0) is 9.52. The lowest BCUT2D eigenvalue weighted by atomic mass is 10.3. The number of hydrogen-bond donors (Lipinski definition) is 1. The molecule has 75 valence electrons. The number of carbonyl (C=O) groups is 1. The van der Waals surface area contributed by atoms with Crippen LogP contribution in [-0.2, 0) is 0 Å². The minimum atomic E-state index is 0.0725. The highest BCUT2D eigenvalue weighted by Gasteiger charge is 2.15. The van der Waals surface area contributed by atoms with Crippen LogP contribution in [0, 0.1) is 0 Å². The molecule has 0 saturated carbocycles. The first-order valence-corrected chi connectivity index (χ1v) is 5.00. The summed E-state index contributed by atoms with van der Waals surface area (Å²) in [6, 6.07) is 0.0725. The molecule has 1 rings (SSSR count). The summed E-state index contributed by atoms with van der Waals surface area (Å²) in [5, 5.41) is 7.08. The van der Waals surface area contributed by atoms with E-state index in [0.29, 0.717) is 0 Å². The summed E-state index contributed by atoms with van der Waals surface area (Å²) >= 11 is 0. The van der Waals surface area contributed by atoms with Crippen molar-refractivity contribution in [3.63, 3.8) is 0 Å². The first kappa shape index (κ1) is 10.3. The van der Waals surface area contributed by atoms with Crippen molar-refractivity contribution >= 4 is 6.03 Å². The van der Waals surface area contributed by atoms with Crippen molar-refractivity contribution < 1.29 is 4.79 Å². The van der Waals surface area contributed by atoms with E-state index < -0.39 is 0 Å². The fraction of sp³-hybridized carbons (Fsp3) is 0.889. The highest BCUT2D eigenvalue weighted by molar-refractivity contribution is 5.74. The molecule has 4 nitrogen and oxygen atoms in total. The van der Waals surface area contributed by atoms with Gasteiger partial charge in [0.15, 0.2) is 0 Å². The zero-order valence-corrected chi connectivity index (χ0v) is 8.25. The number of piperazine rings is 1. The monoisotopic (exact) mass is 184 g/mol. The number of amides is 2. The molecule has 0 spiro atoms. The Kier molecular flexibility index (Phi) is 4.60. The number of urea groups is 1. The van der Waals surface area contributed by atoms with Gasteiger partial charge in [0.05, 0.1) is 0 Å². The van der Waals surface area contributed by atoms with Crippen LogP contribution in [0.3, 0.4) is 0 Å². The van der Waals surface area contributed by atoms with E-state index in [4.69, 9.17) is 0 Å². The van der Waals surface area contributed by atoms with Gasteiger partial charge in [-0.15, -0.1) is 0 Å². The van der Waals surface area contributed by atoms with Crippen LogP contribution in [0.2, 0.25) is 0 Å². The second-order valence-corrected chi connectivity index (χ2v) is 3.24. The summed E-state index contributed by atoms with van der Waals surface area (Å²) < 4.78 is 0. The average Bonchev–Trinajstić information content (AvgIpc) is 2.19. The van der Waals surface area contributed by atoms with E-state index in [1.807, 2.05) is 4.90 Å². The zero-order valence-electron chi connectivity index (χ0n) is 8.25. The molecule has 1 aliphatic heterocycles. The van der Waals surface area contributed by atoms with Gasteiger partial charge in [0, 0.05) is 32.7 Å². The van der Waals surface area contributed by atoms with Crippen LogP contribution in [0.5, 0.6) is 0 Å². The van der Waals surface area contributed by atoms with Crippen LogP contribution in [0.25, 0.3) is 0 Å². The predicted molar refractivity (Wildman–Crippen MR) is 51.7 cm³/mol. The molecule has 1 aliphatic rings. The lowest BCUT2D eigenvalue weighted by Crippen LogP contribution is -2.48. The largest absolute Gasteiger partial charge is 0.338 e. The first-order chi connectivity index (χ1) is 6.34. The number of carbonyl (C=O) groups excluding carboxylic acids is 1. The molecule has 2 amide bonds. The highest BCUT2D eigenvalue weighted by atomic mass is 16.2. The van der Waals surface area contributed by atoms with Gasteiger partial charge in [0.1, 0.15) is 0 Å². The quantitative estimate of drug-likeness (QED) is 0.635. The highest BCUT2D eigenvalue weighted by Crippen LogP contribution is 1.94. The number of unbranched alkanes of at least 4 members (excludes halogenated alkanes) is 1. The van der Waals surface area contributed by atoms with Gasteiger partial charge in [-0.3, -0.25) is 0 Å². The maximum absolute atomic E-state index is 11.4. The Morgan fingerprint density at radius 1 is 1.46 bits per heavy atom. The SMILES string of the molecule is CCCCNC(=O)N1CC[N]CC1. The molecule has 1 fully saturated rings. The van der Waals surface area contributed by atoms with Crippen LogP contribution in [0.4, 0.5) is 4.79 Å². The standard InChI is InChI=1S/C9H18N3O/c1-2-3-4-11-9(13)12-7-5-10-6-8-12/h2-8H2,1H3,(H,11,13). The van der Waals surface area contributed by atoms with Crippen molar-refractivity contribution in [2.75, 3.05) is 32.7 Å². The topological polar surface area (TPSA) is 46.4 Å². The second-order valence-electron chi connectivity index (χ2n) is 3.24. The van der Waals surface area contributed by atoms with Gasteiger partial charge in [-0.2, -0.15) is 0 Å². The second kappa shape index (κ2) is 5.80. The number of hydrogen-bond acceptors (Lipinski definition) is 1. The Bertz CT molecular complexity index is 155. The van der Waals surface area contributed by atoms with Crippen molar-refractivity contribution in [3.8, 4) is 0 Å². The summed E-state index contributed by atoms with van der Waals surface area (Å²) in [5.74, 6) is 0. The fourth-order valence-electron chi connectivity index (χ4n) is 1.29. The van der Waals surface area contributed by atoms with Gasteiger partial charge in [-0.25, -0.2) is 10.1 Å². The third-order valence-corrected chi connectivity index (χ3v) is 2.15. The van der Waals surface area contributed by atoms with E-state index >= 15 is 0 Å². The van der Waals surface area contributed by atoms with E-state index in [9.17, 15) is 4.79 Å². The Labute approximate surface area is 79.7 Å². The van der Waals surface area contributed by atoms with Gasteiger partial charge in [0.2, 0.25) is 0 Å². The Morgan fingerprint density at radius 2 is 2.15 bits per heavy atom. The minimum absolute atomic E-state index is 0.0725. The summed E-state index contributed by atoms with van der Waals surface area (Å²) in [7, 11) is 0. The normalized spacial score (nSPS) is 17.2. The van der Waals surface area contributed by atoms with Crippen LogP contribution in [0.1, 0.15) is 19.8 Å². The Balaban J connectivity index is 2.13. The molecule has 1 N–H and O–H groups in total. The van der Waals surface area contributed by atoms with Crippen molar-refractivity contribution in [2.24, 2.45) is 0 Å². The molecule has 0 unspecified atom stereocenters. The summed E-state index contributed by atoms with van der Waals surface area (Å²) in [6.45, 7) is 6.05. The minimum Gasteiger partial charge on any atom is -0.338 e. The average molecular weight is 184 g/mol. The van der Waals surface area contributed by atoms with Crippen molar-refractivity contribution in [1.29, 1.82) is 0 Å². The summed E-state index contributed by atoms with van der Waals surface area (Å²) in [6.07, 6.45) is 2.18. The molecule has 0 aliphatic carbocycles. The molecule has 13 heavy (non-hydrogen) atoms. The molecule has 1 heterocycles. The number of rotatable bonds is 3. The molecule has 0 aromatic rings. The molecule has 0 aromatic carbocycles. The van der Waals surface area contributed by atoms with E-state index in [0.717, 1.165) is 45.6 Å². The molecule has 4 heteroatoms. The Hall–Kier alpha value is -0.770. The Morgan fingerprint density at radius 3 is 2.77 bits per heavy atom. The summed E-state index contributed by atoms with van der Waals surface area (Å²) in [4.78, 5) is 13.3. The van der Waals surface area contributed by atoms with E-state index in [-0.39, 0.29) is 6.03 Å². The van der Waals surface area contributed by atoms with Crippen molar-refractivity contribution in [3.05, 3.63) is 0 Å². The third kappa shape index (κ3) is 3.63. The van der Waals surface area contributed by atoms with Gasteiger partial charge in [-0.1, -0.05) is 13.3 Å². The maximum atomic E-state index is 11.4. The molecule has 1 radical (unpaired) electrons. The van der Waals surface area contributed by atoms with E-state index in [2.05, 4.69) is 17.6 Å². The molecule has 0 bridgehead atoms. The summed E-state index contributed by atoms with van der Waals surface area (Å²) in [5.41, 5.74) is 0. The van der Waals surface area contributed by atoms with Crippen LogP contribution >= 0.6 is 0 Å². The molecule has 1 saturated heterocycles. The molecule has 0 aromatic heterocycles. The smallest absolute Gasteiger partial charge is 0.317 e. The molecular formula is C9H18N3O. The van der Waals surface area contributed by atoms with Crippen molar-refractivity contribution in [2.45, 2.75) is 19.8 Å². The maximum Gasteiger partial charge on any atom is 0.317 e. The van der Waals surface area contributed by atoms with E-state index in [1.165, 1.54) is 0 Å². The van der Waals surface area contributed by atoms with Crippen LogP contribution in [0.15, 0.2) is 0 Å². The fourth-order valence-corrected chi connectivity index (χ4v) is 1.29. The van der Waals surface area contributed by atoms with Crippen LogP contribution < -0.4 is 10.6 Å². The van der Waals surface area contributed by atoms with Crippen molar-refractivity contribution in [1.82, 2.24) is 15.5 Å². The van der Waals surface area contributed by atoms with Gasteiger partial charge < -0.3 is 10.2 Å². The van der Waals surface area contributed by atoms with Gasteiger partial charge in [-0.05, 0) is 6.42 Å². The number of nitrogens with zero attached hydrogens (tertiary/aromatic N) is 2. The third-order valence-electron chi connectivity index (χ3n) is 2.15. The lowest BCUT2D eigenvalue weighted by Gasteiger charge is -2.26. The van der Waals surface area contributed by atoms with Gasteiger partial charge in [0.25, 0.3) is 0 Å². The lowest BCUT2D eigenvalue weighted by molar-refractivity contribution is 0.189. The number of nitrogens with one attached hydrogen (secondary N) is 1.